The standard InChI is InChI=1S/C17H6Cl2F2N2O2/c18-11-5-10(4-9(7-22)8-23)16(12(19)6-11)25-17(24)15-13(20)2-1-3-14(15)21/h1-6H. The summed E-state index contributed by atoms with van der Waals surface area (Å²) in [6, 6.07) is 8.65. The summed E-state index contributed by atoms with van der Waals surface area (Å²) in [6.07, 6.45) is 1.08. The number of nitriles is 2. The van der Waals surface area contributed by atoms with E-state index in [0.29, 0.717) is 0 Å². The second-order valence-electron chi connectivity index (χ2n) is 4.57. The van der Waals surface area contributed by atoms with Crippen molar-refractivity contribution in [2.45, 2.75) is 0 Å². The van der Waals surface area contributed by atoms with Gasteiger partial charge < -0.3 is 4.74 Å². The van der Waals surface area contributed by atoms with E-state index >= 15 is 0 Å². The van der Waals surface area contributed by atoms with Crippen molar-refractivity contribution >= 4 is 35.2 Å². The Morgan fingerprint density at radius 1 is 1.12 bits per heavy atom. The molecule has 0 saturated carbocycles. The molecule has 0 atom stereocenters. The van der Waals surface area contributed by atoms with Crippen molar-refractivity contribution in [3.8, 4) is 17.9 Å². The molecule has 0 aliphatic rings. The molecule has 0 N–H and O–H groups in total. The van der Waals surface area contributed by atoms with Gasteiger partial charge in [-0.25, -0.2) is 13.6 Å². The molecule has 0 heterocycles. The molecular formula is C17H6Cl2F2N2O2. The number of carbonyl (C=O) groups is 1. The number of rotatable bonds is 3. The molecule has 8 heteroatoms. The second kappa shape index (κ2) is 7.76. The third-order valence-electron chi connectivity index (χ3n) is 2.94. The highest BCUT2D eigenvalue weighted by atomic mass is 35.5. The first kappa shape index (κ1) is 18.4. The zero-order chi connectivity index (χ0) is 18.6. The molecule has 25 heavy (non-hydrogen) atoms. The van der Waals surface area contributed by atoms with Gasteiger partial charge in [0, 0.05) is 10.6 Å². The van der Waals surface area contributed by atoms with Gasteiger partial charge in [-0.3, -0.25) is 0 Å². The number of benzene rings is 2. The first-order valence-corrected chi connectivity index (χ1v) is 7.30. The van der Waals surface area contributed by atoms with Gasteiger partial charge in [0.05, 0.1) is 5.02 Å². The van der Waals surface area contributed by atoms with Crippen LogP contribution in [0.2, 0.25) is 10.0 Å². The van der Waals surface area contributed by atoms with Crippen molar-refractivity contribution in [3.63, 3.8) is 0 Å². The third kappa shape index (κ3) is 4.13. The predicted octanol–water partition coefficient (Wildman–Crippen LogP) is 4.92. The highest BCUT2D eigenvalue weighted by Crippen LogP contribution is 2.34. The van der Waals surface area contributed by atoms with Crippen molar-refractivity contribution in [2.24, 2.45) is 0 Å². The molecule has 0 spiro atoms. The van der Waals surface area contributed by atoms with Crippen LogP contribution in [0.1, 0.15) is 15.9 Å². The molecule has 124 valence electrons. The number of allylic oxidation sites excluding steroid dienone is 1. The minimum absolute atomic E-state index is 0.0284. The Bertz CT molecular complexity index is 940. The number of carbonyl (C=O) groups excluding carboxylic acids is 1. The van der Waals surface area contributed by atoms with E-state index in [1.165, 1.54) is 12.1 Å². The molecule has 2 aromatic carbocycles. The van der Waals surface area contributed by atoms with Crippen LogP contribution in [0.5, 0.6) is 5.75 Å². The van der Waals surface area contributed by atoms with Gasteiger partial charge in [-0.15, -0.1) is 0 Å². The van der Waals surface area contributed by atoms with E-state index in [2.05, 4.69) is 0 Å². The molecule has 0 aromatic heterocycles. The molecule has 4 nitrogen and oxygen atoms in total. The molecule has 0 bridgehead atoms. The van der Waals surface area contributed by atoms with E-state index in [1.54, 1.807) is 12.1 Å². The fourth-order valence-corrected chi connectivity index (χ4v) is 2.42. The maximum atomic E-state index is 13.7. The lowest BCUT2D eigenvalue weighted by Crippen LogP contribution is -2.14. The molecule has 0 aliphatic carbocycles. The lowest BCUT2D eigenvalue weighted by atomic mass is 10.1. The molecule has 0 aliphatic heterocycles. The average Bonchev–Trinajstić information content (AvgIpc) is 2.55. The monoisotopic (exact) mass is 378 g/mol. The summed E-state index contributed by atoms with van der Waals surface area (Å²) in [6.45, 7) is 0. The van der Waals surface area contributed by atoms with E-state index < -0.39 is 23.2 Å². The van der Waals surface area contributed by atoms with Crippen LogP contribution in [0.3, 0.4) is 0 Å². The van der Waals surface area contributed by atoms with Crippen molar-refractivity contribution < 1.29 is 18.3 Å². The van der Waals surface area contributed by atoms with Gasteiger partial charge >= 0.3 is 5.97 Å². The summed E-state index contributed by atoms with van der Waals surface area (Å²) in [7, 11) is 0. The minimum Gasteiger partial charge on any atom is -0.421 e. The number of hydrogen-bond acceptors (Lipinski definition) is 4. The highest BCUT2D eigenvalue weighted by molar-refractivity contribution is 6.36. The Balaban J connectivity index is 2.53. The van der Waals surface area contributed by atoms with E-state index in [0.717, 1.165) is 24.3 Å². The lowest BCUT2D eigenvalue weighted by Gasteiger charge is -2.11. The summed E-state index contributed by atoms with van der Waals surface area (Å²) in [5.74, 6) is -3.84. The summed E-state index contributed by atoms with van der Waals surface area (Å²) < 4.78 is 32.4. The maximum Gasteiger partial charge on any atom is 0.349 e. The van der Waals surface area contributed by atoms with Crippen molar-refractivity contribution in [1.82, 2.24) is 0 Å². The van der Waals surface area contributed by atoms with Crippen molar-refractivity contribution in [3.05, 3.63) is 68.7 Å². The Morgan fingerprint density at radius 3 is 2.28 bits per heavy atom. The molecule has 0 saturated heterocycles. The van der Waals surface area contributed by atoms with E-state index in [-0.39, 0.29) is 26.9 Å². The van der Waals surface area contributed by atoms with Crippen LogP contribution in [0.15, 0.2) is 35.9 Å². The zero-order valence-electron chi connectivity index (χ0n) is 12.2. The first-order chi connectivity index (χ1) is 11.9. The Labute approximate surface area is 151 Å². The van der Waals surface area contributed by atoms with Gasteiger partial charge in [0.1, 0.15) is 34.9 Å². The van der Waals surface area contributed by atoms with Crippen LogP contribution in [0.25, 0.3) is 6.08 Å². The lowest BCUT2D eigenvalue weighted by molar-refractivity contribution is 0.0724. The quantitative estimate of drug-likeness (QED) is 0.431. The molecule has 0 fully saturated rings. The average molecular weight is 379 g/mol. The molecule has 2 aromatic rings. The third-order valence-corrected chi connectivity index (χ3v) is 3.44. The Hall–Kier alpha value is -2.93. The summed E-state index contributed by atoms with van der Waals surface area (Å²) in [5, 5.41) is 17.7. The van der Waals surface area contributed by atoms with Crippen molar-refractivity contribution in [1.29, 1.82) is 10.5 Å². The number of ether oxygens (including phenoxy) is 1. The van der Waals surface area contributed by atoms with E-state index in [9.17, 15) is 13.6 Å². The fourth-order valence-electron chi connectivity index (χ4n) is 1.88. The van der Waals surface area contributed by atoms with Gasteiger partial charge in [0.2, 0.25) is 0 Å². The van der Waals surface area contributed by atoms with E-state index in [1.807, 2.05) is 0 Å². The largest absolute Gasteiger partial charge is 0.421 e. The van der Waals surface area contributed by atoms with Gasteiger partial charge in [0.25, 0.3) is 0 Å². The molecule has 0 unspecified atom stereocenters. The molecule has 2 rings (SSSR count). The summed E-state index contributed by atoms with van der Waals surface area (Å²) in [5.41, 5.74) is -1.18. The minimum atomic E-state index is -1.33. The van der Waals surface area contributed by atoms with Crippen LogP contribution in [0, 0.1) is 34.3 Å². The number of halogens is 4. The van der Waals surface area contributed by atoms with Gasteiger partial charge in [-0.1, -0.05) is 29.3 Å². The summed E-state index contributed by atoms with van der Waals surface area (Å²) >= 11 is 11.8. The predicted molar refractivity (Wildman–Crippen MR) is 87.0 cm³/mol. The number of nitrogens with zero attached hydrogens (tertiary/aromatic N) is 2. The van der Waals surface area contributed by atoms with Crippen LogP contribution in [-0.2, 0) is 0 Å². The first-order valence-electron chi connectivity index (χ1n) is 6.54. The molecule has 0 amide bonds. The smallest absolute Gasteiger partial charge is 0.349 e. The fraction of sp³-hybridized carbons (Fsp3) is 0. The Kier molecular flexibility index (Phi) is 5.71. The molecular weight excluding hydrogens is 373 g/mol. The van der Waals surface area contributed by atoms with Crippen LogP contribution in [-0.4, -0.2) is 5.97 Å². The Morgan fingerprint density at radius 2 is 1.72 bits per heavy atom. The van der Waals surface area contributed by atoms with Crippen LogP contribution >= 0.6 is 23.2 Å². The zero-order valence-corrected chi connectivity index (χ0v) is 13.7. The highest BCUT2D eigenvalue weighted by Gasteiger charge is 2.22. The second-order valence-corrected chi connectivity index (χ2v) is 5.42. The maximum absolute atomic E-state index is 13.7. The SMILES string of the molecule is N#CC(C#N)=Cc1cc(Cl)cc(Cl)c1OC(=O)c1c(F)cccc1F. The number of esters is 1. The topological polar surface area (TPSA) is 73.9 Å². The molecule has 0 radical (unpaired) electrons. The number of hydrogen-bond donors (Lipinski definition) is 0. The van der Waals surface area contributed by atoms with Crippen LogP contribution < -0.4 is 4.74 Å². The normalized spacial score (nSPS) is 9.68. The van der Waals surface area contributed by atoms with Gasteiger partial charge in [-0.05, 0) is 30.3 Å². The summed E-state index contributed by atoms with van der Waals surface area (Å²) in [4.78, 5) is 12.1. The van der Waals surface area contributed by atoms with Gasteiger partial charge in [0.15, 0.2) is 5.75 Å². The van der Waals surface area contributed by atoms with Gasteiger partial charge in [-0.2, -0.15) is 10.5 Å². The van der Waals surface area contributed by atoms with E-state index in [4.69, 9.17) is 38.5 Å². The van der Waals surface area contributed by atoms with Crippen LogP contribution in [0.4, 0.5) is 8.78 Å². The van der Waals surface area contributed by atoms with Crippen molar-refractivity contribution in [2.75, 3.05) is 0 Å².